The monoisotopic (exact) mass is 334 g/mol. The SMILES string of the molecule is CN(C)C(=O)Oc1cccc2c1C(N(C)C(=O)OC(C)(C)C)CC2. The highest BCUT2D eigenvalue weighted by Gasteiger charge is 2.34. The van der Waals surface area contributed by atoms with Crippen LogP contribution in [0, 0.1) is 0 Å². The van der Waals surface area contributed by atoms with Gasteiger partial charge >= 0.3 is 12.2 Å². The van der Waals surface area contributed by atoms with Crippen molar-refractivity contribution in [1.29, 1.82) is 0 Å². The molecule has 6 nitrogen and oxygen atoms in total. The molecule has 0 aromatic heterocycles. The fourth-order valence-corrected chi connectivity index (χ4v) is 2.75. The highest BCUT2D eigenvalue weighted by molar-refractivity contribution is 5.72. The molecule has 1 aromatic rings. The van der Waals surface area contributed by atoms with E-state index in [4.69, 9.17) is 9.47 Å². The molecule has 0 bridgehead atoms. The van der Waals surface area contributed by atoms with Crippen LogP contribution in [-0.2, 0) is 11.2 Å². The number of hydrogen-bond acceptors (Lipinski definition) is 4. The maximum absolute atomic E-state index is 12.4. The zero-order chi connectivity index (χ0) is 18.1. The van der Waals surface area contributed by atoms with Gasteiger partial charge in [-0.15, -0.1) is 0 Å². The topological polar surface area (TPSA) is 59.1 Å². The Labute approximate surface area is 143 Å². The van der Waals surface area contributed by atoms with Gasteiger partial charge in [0.15, 0.2) is 0 Å². The summed E-state index contributed by atoms with van der Waals surface area (Å²) in [4.78, 5) is 27.3. The first-order valence-corrected chi connectivity index (χ1v) is 8.07. The van der Waals surface area contributed by atoms with Crippen LogP contribution in [0.5, 0.6) is 5.75 Å². The lowest BCUT2D eigenvalue weighted by molar-refractivity contribution is 0.0219. The van der Waals surface area contributed by atoms with Crippen molar-refractivity contribution < 1.29 is 19.1 Å². The Morgan fingerprint density at radius 1 is 1.12 bits per heavy atom. The third kappa shape index (κ3) is 3.99. The first-order chi connectivity index (χ1) is 11.1. The standard InChI is InChI=1S/C18H26N2O4/c1-18(2,3)24-17(22)20(6)13-11-10-12-8-7-9-14(15(12)13)23-16(21)19(4)5/h7-9,13H,10-11H2,1-6H3. The Morgan fingerprint density at radius 2 is 1.79 bits per heavy atom. The van der Waals surface area contributed by atoms with Crippen LogP contribution >= 0.6 is 0 Å². The molecule has 1 atom stereocenters. The lowest BCUT2D eigenvalue weighted by Crippen LogP contribution is -2.36. The van der Waals surface area contributed by atoms with Crippen LogP contribution in [-0.4, -0.2) is 48.7 Å². The Morgan fingerprint density at radius 3 is 2.38 bits per heavy atom. The predicted molar refractivity (Wildman–Crippen MR) is 91.2 cm³/mol. The highest BCUT2D eigenvalue weighted by Crippen LogP contribution is 2.41. The van der Waals surface area contributed by atoms with Crippen LogP contribution < -0.4 is 4.74 Å². The number of carbonyl (C=O) groups excluding carboxylic acids is 2. The minimum Gasteiger partial charge on any atom is -0.444 e. The zero-order valence-corrected chi connectivity index (χ0v) is 15.3. The molecule has 2 amide bonds. The minimum absolute atomic E-state index is 0.166. The van der Waals surface area contributed by atoms with E-state index < -0.39 is 11.7 Å². The second kappa shape index (κ2) is 6.71. The maximum Gasteiger partial charge on any atom is 0.414 e. The van der Waals surface area contributed by atoms with E-state index in [1.807, 2.05) is 32.9 Å². The normalized spacial score (nSPS) is 16.3. The van der Waals surface area contributed by atoms with Gasteiger partial charge in [-0.05, 0) is 45.2 Å². The third-order valence-corrected chi connectivity index (χ3v) is 3.89. The van der Waals surface area contributed by atoms with Crippen LogP contribution in [0.3, 0.4) is 0 Å². The summed E-state index contributed by atoms with van der Waals surface area (Å²) < 4.78 is 10.9. The van der Waals surface area contributed by atoms with Gasteiger partial charge in [0.1, 0.15) is 11.4 Å². The minimum atomic E-state index is -0.552. The van der Waals surface area contributed by atoms with Crippen LogP contribution in [0.25, 0.3) is 0 Å². The Kier molecular flexibility index (Phi) is 5.06. The molecule has 0 heterocycles. The van der Waals surface area contributed by atoms with Crippen LogP contribution in [0.4, 0.5) is 9.59 Å². The molecule has 0 fully saturated rings. The summed E-state index contributed by atoms with van der Waals surface area (Å²) in [5.74, 6) is 0.504. The molecule has 0 spiro atoms. The Bertz CT molecular complexity index is 634. The molecule has 0 saturated carbocycles. The number of carbonyl (C=O) groups is 2. The summed E-state index contributed by atoms with van der Waals surface area (Å²) >= 11 is 0. The van der Waals surface area contributed by atoms with Gasteiger partial charge in [-0.25, -0.2) is 9.59 Å². The summed E-state index contributed by atoms with van der Waals surface area (Å²) in [7, 11) is 4.99. The Balaban J connectivity index is 2.27. The molecule has 0 N–H and O–H groups in total. The van der Waals surface area contributed by atoms with E-state index in [9.17, 15) is 9.59 Å². The third-order valence-electron chi connectivity index (χ3n) is 3.89. The highest BCUT2D eigenvalue weighted by atomic mass is 16.6. The first-order valence-electron chi connectivity index (χ1n) is 8.07. The van der Waals surface area contributed by atoms with E-state index in [0.717, 1.165) is 24.0 Å². The summed E-state index contributed by atoms with van der Waals surface area (Å²) in [5, 5.41) is 0. The largest absolute Gasteiger partial charge is 0.444 e. The van der Waals surface area contributed by atoms with Gasteiger partial charge in [0.05, 0.1) is 6.04 Å². The second-order valence-electron chi connectivity index (χ2n) is 7.24. The molecule has 1 aromatic carbocycles. The van der Waals surface area contributed by atoms with Crippen molar-refractivity contribution >= 4 is 12.2 Å². The smallest absolute Gasteiger partial charge is 0.414 e. The number of nitrogens with zero attached hydrogens (tertiary/aromatic N) is 2. The number of benzene rings is 1. The van der Waals surface area contributed by atoms with E-state index in [0.29, 0.717) is 5.75 Å². The van der Waals surface area contributed by atoms with Gasteiger partial charge in [-0.3, -0.25) is 0 Å². The van der Waals surface area contributed by atoms with Crippen LogP contribution in [0.15, 0.2) is 18.2 Å². The van der Waals surface area contributed by atoms with E-state index >= 15 is 0 Å². The fourth-order valence-electron chi connectivity index (χ4n) is 2.75. The van der Waals surface area contributed by atoms with Gasteiger partial charge in [-0.2, -0.15) is 0 Å². The molecule has 1 aliphatic carbocycles. The molecule has 0 aliphatic heterocycles. The van der Waals surface area contributed by atoms with Gasteiger partial charge < -0.3 is 19.3 Å². The number of ether oxygens (including phenoxy) is 2. The van der Waals surface area contributed by atoms with Gasteiger partial charge in [-0.1, -0.05) is 12.1 Å². The van der Waals surface area contributed by atoms with E-state index in [2.05, 4.69) is 0 Å². The lowest BCUT2D eigenvalue weighted by Gasteiger charge is -2.29. The van der Waals surface area contributed by atoms with Crippen molar-refractivity contribution in [2.75, 3.05) is 21.1 Å². The quantitative estimate of drug-likeness (QED) is 0.829. The predicted octanol–water partition coefficient (Wildman–Crippen LogP) is 3.60. The van der Waals surface area contributed by atoms with E-state index in [1.54, 1.807) is 32.1 Å². The Hall–Kier alpha value is -2.24. The summed E-state index contributed by atoms with van der Waals surface area (Å²) in [6.07, 6.45) is 0.797. The first kappa shape index (κ1) is 18.1. The van der Waals surface area contributed by atoms with Crippen molar-refractivity contribution in [2.24, 2.45) is 0 Å². The van der Waals surface area contributed by atoms with Crippen LogP contribution in [0.1, 0.15) is 44.4 Å². The van der Waals surface area contributed by atoms with E-state index in [-0.39, 0.29) is 12.1 Å². The number of amides is 2. The molecule has 2 rings (SSSR count). The zero-order valence-electron chi connectivity index (χ0n) is 15.3. The summed E-state index contributed by atoms with van der Waals surface area (Å²) in [6.45, 7) is 5.52. The number of hydrogen-bond donors (Lipinski definition) is 0. The fraction of sp³-hybridized carbons (Fsp3) is 0.556. The van der Waals surface area contributed by atoms with Crippen molar-refractivity contribution in [3.05, 3.63) is 29.3 Å². The maximum atomic E-state index is 12.4. The molecule has 6 heteroatoms. The molecular formula is C18H26N2O4. The van der Waals surface area contributed by atoms with Crippen molar-refractivity contribution in [2.45, 2.75) is 45.3 Å². The average Bonchev–Trinajstić information content (AvgIpc) is 2.89. The number of fused-ring (bicyclic) bond motifs is 1. The molecule has 1 aliphatic rings. The summed E-state index contributed by atoms with van der Waals surface area (Å²) in [5.41, 5.74) is 1.43. The van der Waals surface area contributed by atoms with Crippen molar-refractivity contribution in [1.82, 2.24) is 9.80 Å². The molecule has 132 valence electrons. The number of rotatable bonds is 2. The average molecular weight is 334 g/mol. The van der Waals surface area contributed by atoms with E-state index in [1.165, 1.54) is 4.90 Å². The molecule has 0 radical (unpaired) electrons. The van der Waals surface area contributed by atoms with Gasteiger partial charge in [0, 0.05) is 26.7 Å². The molecule has 0 saturated heterocycles. The van der Waals surface area contributed by atoms with Crippen molar-refractivity contribution in [3.63, 3.8) is 0 Å². The van der Waals surface area contributed by atoms with Gasteiger partial charge in [0.25, 0.3) is 0 Å². The second-order valence-corrected chi connectivity index (χ2v) is 7.24. The van der Waals surface area contributed by atoms with Gasteiger partial charge in [0.2, 0.25) is 0 Å². The lowest BCUT2D eigenvalue weighted by atomic mass is 10.1. The molecule has 24 heavy (non-hydrogen) atoms. The number of aryl methyl sites for hydroxylation is 1. The summed E-state index contributed by atoms with van der Waals surface area (Å²) in [6, 6.07) is 5.47. The molecular weight excluding hydrogens is 308 g/mol. The van der Waals surface area contributed by atoms with Crippen molar-refractivity contribution in [3.8, 4) is 5.75 Å². The van der Waals surface area contributed by atoms with Crippen LogP contribution in [0.2, 0.25) is 0 Å². The molecule has 1 unspecified atom stereocenters.